The van der Waals surface area contributed by atoms with Gasteiger partial charge in [-0.2, -0.15) is 0 Å². The summed E-state index contributed by atoms with van der Waals surface area (Å²) in [4.78, 5) is 56.6. The molecule has 12 heteroatoms. The lowest BCUT2D eigenvalue weighted by Gasteiger charge is -2.18. The highest BCUT2D eigenvalue weighted by Gasteiger charge is 2.34. The molecule has 0 aliphatic carbocycles. The molecule has 0 aromatic heterocycles. The second kappa shape index (κ2) is 19.6. The molecule has 0 fully saturated rings. The fourth-order valence-corrected chi connectivity index (χ4v) is 7.00. The third-order valence-electron chi connectivity index (χ3n) is 4.67. The van der Waals surface area contributed by atoms with Gasteiger partial charge in [0.1, 0.15) is 0 Å². The first-order valence-electron chi connectivity index (χ1n) is 14.7. The molecule has 0 radical (unpaired) electrons. The van der Waals surface area contributed by atoms with Crippen LogP contribution in [-0.2, 0) is 0 Å². The van der Waals surface area contributed by atoms with Gasteiger partial charge in [0.25, 0.3) is 0 Å². The molecule has 0 atom stereocenters. The van der Waals surface area contributed by atoms with E-state index in [1.54, 1.807) is 24.3 Å². The number of halogens is 1. The largest absolute Gasteiger partial charge is 0.433 e. The van der Waals surface area contributed by atoms with Crippen molar-refractivity contribution in [3.63, 3.8) is 0 Å². The molecule has 0 heterocycles. The zero-order valence-corrected chi connectivity index (χ0v) is 33.9. The van der Waals surface area contributed by atoms with E-state index < -0.39 is 41.1 Å². The van der Waals surface area contributed by atoms with Gasteiger partial charge in [-0.05, 0) is 79.7 Å². The van der Waals surface area contributed by atoms with E-state index in [9.17, 15) is 14.4 Å². The van der Waals surface area contributed by atoms with Crippen LogP contribution in [0.5, 0.6) is 0 Å². The maximum atomic E-state index is 10.4. The number of rotatable bonds is 4. The van der Waals surface area contributed by atoms with E-state index in [-0.39, 0.29) is 0 Å². The van der Waals surface area contributed by atoms with Crippen LogP contribution in [0.15, 0.2) is 121 Å². The Kier molecular flexibility index (Phi) is 18.8. The maximum Gasteiger partial charge on any atom is 0.401 e. The van der Waals surface area contributed by atoms with Crippen LogP contribution in [0.4, 0.5) is 0 Å². The van der Waals surface area contributed by atoms with Crippen molar-refractivity contribution >= 4 is 73.0 Å². The van der Waals surface area contributed by atoms with Crippen LogP contribution in [0.25, 0.3) is 0 Å². The van der Waals surface area contributed by atoms with Gasteiger partial charge in [-0.3, -0.25) is 0 Å². The number of hydrogen-bond acceptors (Lipinski definition) is 6. The molecule has 0 saturated heterocycles. The molecular weight excluding hydrogens is 668 g/mol. The molecule has 4 aromatic rings. The third kappa shape index (κ3) is 23.1. The molecule has 248 valence electrons. The van der Waals surface area contributed by atoms with Crippen LogP contribution >= 0.6 is 11.1 Å². The van der Waals surface area contributed by atoms with E-state index in [2.05, 4.69) is 0 Å². The first-order valence-corrected chi connectivity index (χ1v) is 29.9. The van der Waals surface area contributed by atoms with E-state index in [1.807, 2.05) is 156 Å². The van der Waals surface area contributed by atoms with Crippen LogP contribution < -0.4 is 20.7 Å². The van der Waals surface area contributed by atoms with Crippen LogP contribution in [0.3, 0.4) is 0 Å². The molecule has 0 bridgehead atoms. The average molecular weight is 722 g/mol. The molecule has 4 aromatic carbocycles. The minimum absolute atomic E-state index is 0.608. The van der Waals surface area contributed by atoms with Crippen LogP contribution in [0.2, 0.25) is 58.9 Å². The summed E-state index contributed by atoms with van der Waals surface area (Å²) in [6.07, 6.45) is 0. The van der Waals surface area contributed by atoms with Gasteiger partial charge in [0.15, 0.2) is 25.0 Å². The van der Waals surface area contributed by atoms with E-state index in [0.29, 0.717) is 10.4 Å². The molecule has 6 N–H and O–H groups in total. The smallest absolute Gasteiger partial charge is 0.401 e. The van der Waals surface area contributed by atoms with Crippen molar-refractivity contribution in [2.24, 2.45) is 0 Å². The van der Waals surface area contributed by atoms with E-state index in [4.69, 9.17) is 25.5 Å². The fourth-order valence-electron chi connectivity index (χ4n) is 2.99. The molecular formula is C33H53ClO6Si5. The lowest BCUT2D eigenvalue weighted by Crippen LogP contribution is -2.59. The van der Waals surface area contributed by atoms with Gasteiger partial charge in [-0.25, -0.2) is 0 Å². The average Bonchev–Trinajstić information content (AvgIpc) is 2.93. The summed E-state index contributed by atoms with van der Waals surface area (Å²) in [5, 5.41) is 2.85. The number of hydrogen-bond donors (Lipinski definition) is 6. The van der Waals surface area contributed by atoms with Crippen molar-refractivity contribution in [3.8, 4) is 0 Å². The predicted octanol–water partition coefficient (Wildman–Crippen LogP) is 4.14. The number of benzene rings is 4. The molecule has 0 unspecified atom stereocenters. The first-order chi connectivity index (χ1) is 20.4. The molecule has 0 aliphatic heterocycles. The molecule has 4 rings (SSSR count). The summed E-state index contributed by atoms with van der Waals surface area (Å²) >= 11 is 6.28. The van der Waals surface area contributed by atoms with Crippen molar-refractivity contribution in [2.75, 3.05) is 0 Å². The molecule has 45 heavy (non-hydrogen) atoms. The maximum absolute atomic E-state index is 10.4. The Balaban J connectivity index is 0.000000601. The summed E-state index contributed by atoms with van der Waals surface area (Å²) in [5.41, 5.74) is 0. The van der Waals surface area contributed by atoms with Crippen molar-refractivity contribution in [1.82, 2.24) is 0 Å². The van der Waals surface area contributed by atoms with Gasteiger partial charge in [0.05, 0.1) is 0 Å². The Bertz CT molecular complexity index is 1100. The van der Waals surface area contributed by atoms with E-state index in [1.165, 1.54) is 0 Å². The lowest BCUT2D eigenvalue weighted by molar-refractivity contribution is 0.401. The van der Waals surface area contributed by atoms with Crippen molar-refractivity contribution in [1.29, 1.82) is 0 Å². The monoisotopic (exact) mass is 720 g/mol. The molecule has 6 nitrogen and oxygen atoms in total. The van der Waals surface area contributed by atoms with Crippen LogP contribution in [-0.4, -0.2) is 69.9 Å². The lowest BCUT2D eigenvalue weighted by atomic mass is 10.4. The summed E-state index contributed by atoms with van der Waals surface area (Å²) in [7, 11) is -11.3. The van der Waals surface area contributed by atoms with Gasteiger partial charge in [-0.1, -0.05) is 121 Å². The first kappa shape index (κ1) is 43.0. The molecule has 0 aliphatic rings. The minimum Gasteiger partial charge on any atom is -0.433 e. The third-order valence-corrected chi connectivity index (χ3v) is 10.4. The SMILES string of the molecule is C[Si](C)(C)O.C[Si](C)(C)O.C[Si](C)(C)O.O[Si](Cl)(c1ccccc1)c1ccccc1.O[Si](O)(c1ccccc1)c1ccccc1. The Morgan fingerprint density at radius 1 is 0.333 bits per heavy atom. The van der Waals surface area contributed by atoms with Gasteiger partial charge in [0, 0.05) is 0 Å². The van der Waals surface area contributed by atoms with Crippen LogP contribution in [0.1, 0.15) is 0 Å². The normalized spacial score (nSPS) is 11.6. The van der Waals surface area contributed by atoms with Crippen molar-refractivity contribution in [3.05, 3.63) is 121 Å². The molecule has 0 saturated carbocycles. The summed E-state index contributed by atoms with van der Waals surface area (Å²) < 4.78 is 0. The Morgan fingerprint density at radius 3 is 0.667 bits per heavy atom. The summed E-state index contributed by atoms with van der Waals surface area (Å²) in [6, 6.07) is 36.8. The molecule has 0 spiro atoms. The minimum atomic E-state index is -3.46. The highest BCUT2D eigenvalue weighted by atomic mass is 35.6. The standard InChI is InChI=1S/C12H11ClOSi.C12H12O2Si.3C3H10OSi/c2*13-15(14,11-7-3-1-4-8-11)12-9-5-2-6-10-12;3*1-5(2,3)4/h1-10,14H;1-10,13-14H;3*4H,1-3H3. The van der Waals surface area contributed by atoms with Gasteiger partial charge in [-0.15, -0.1) is 11.1 Å². The van der Waals surface area contributed by atoms with Gasteiger partial charge < -0.3 is 28.8 Å². The van der Waals surface area contributed by atoms with Gasteiger partial charge >= 0.3 is 16.2 Å². The van der Waals surface area contributed by atoms with E-state index in [0.717, 1.165) is 10.4 Å². The summed E-state index contributed by atoms with van der Waals surface area (Å²) in [6.45, 7) is 16.9. The van der Waals surface area contributed by atoms with Crippen molar-refractivity contribution in [2.45, 2.75) is 58.9 Å². The van der Waals surface area contributed by atoms with Crippen LogP contribution in [0, 0.1) is 0 Å². The zero-order valence-electron chi connectivity index (χ0n) is 28.1. The fraction of sp³-hybridized carbons (Fsp3) is 0.273. The predicted molar refractivity (Wildman–Crippen MR) is 205 cm³/mol. The van der Waals surface area contributed by atoms with Gasteiger partial charge in [0.2, 0.25) is 0 Å². The molecule has 0 amide bonds. The topological polar surface area (TPSA) is 121 Å². The highest BCUT2D eigenvalue weighted by molar-refractivity contribution is 7.30. The summed E-state index contributed by atoms with van der Waals surface area (Å²) in [5.74, 6) is 0. The van der Waals surface area contributed by atoms with E-state index >= 15 is 0 Å². The van der Waals surface area contributed by atoms with Crippen molar-refractivity contribution < 1.29 is 28.8 Å². The second-order valence-electron chi connectivity index (χ2n) is 13.3. The highest BCUT2D eigenvalue weighted by Crippen LogP contribution is 2.06. The Labute approximate surface area is 280 Å². The zero-order chi connectivity index (χ0) is 35.0. The Morgan fingerprint density at radius 2 is 0.489 bits per heavy atom. The quantitative estimate of drug-likeness (QED) is 0.139. The second-order valence-corrected chi connectivity index (χ2v) is 32.8. The Hall–Kier alpha value is -1.99.